The van der Waals surface area contributed by atoms with Gasteiger partial charge >= 0.3 is 0 Å². The number of nitrogens with zero attached hydrogens (tertiary/aromatic N) is 2. The number of aromatic nitrogens is 2. The van der Waals surface area contributed by atoms with Crippen LogP contribution in [0.3, 0.4) is 0 Å². The van der Waals surface area contributed by atoms with E-state index in [0.29, 0.717) is 0 Å². The molecule has 2 nitrogen and oxygen atoms in total. The van der Waals surface area contributed by atoms with Crippen molar-refractivity contribution < 1.29 is 0 Å². The van der Waals surface area contributed by atoms with Gasteiger partial charge in [-0.05, 0) is 37.1 Å². The average Bonchev–Trinajstić information content (AvgIpc) is 2.29. The topological polar surface area (TPSA) is 25.8 Å². The van der Waals surface area contributed by atoms with E-state index in [4.69, 9.17) is 0 Å². The minimum absolute atomic E-state index is 0.804. The molecule has 0 saturated heterocycles. The highest BCUT2D eigenvalue weighted by atomic mass is 79.9. The van der Waals surface area contributed by atoms with Crippen molar-refractivity contribution in [3.05, 3.63) is 46.3 Å². The number of aryl methyl sites for hydroxylation is 2. The van der Waals surface area contributed by atoms with Crippen molar-refractivity contribution in [1.29, 1.82) is 0 Å². The van der Waals surface area contributed by atoms with Crippen molar-refractivity contribution in [3.63, 3.8) is 0 Å². The van der Waals surface area contributed by atoms with Crippen LogP contribution in [0.1, 0.15) is 18.3 Å². The summed E-state index contributed by atoms with van der Waals surface area (Å²) < 4.78 is 1.16. The van der Waals surface area contributed by atoms with Gasteiger partial charge in [0.15, 0.2) is 0 Å². The predicted octanol–water partition coefficient (Wildman–Crippen LogP) is 3.78. The Labute approximate surface area is 104 Å². The van der Waals surface area contributed by atoms with Crippen LogP contribution in [0.15, 0.2) is 34.9 Å². The van der Waals surface area contributed by atoms with Crippen molar-refractivity contribution in [2.75, 3.05) is 0 Å². The summed E-state index contributed by atoms with van der Waals surface area (Å²) >= 11 is 3.54. The zero-order chi connectivity index (χ0) is 11.5. The Morgan fingerprint density at radius 2 is 2.06 bits per heavy atom. The highest BCUT2D eigenvalue weighted by Crippen LogP contribution is 2.24. The molecule has 16 heavy (non-hydrogen) atoms. The fourth-order valence-corrected chi connectivity index (χ4v) is 2.15. The molecule has 0 radical (unpaired) electrons. The minimum atomic E-state index is 0.804. The lowest BCUT2D eigenvalue weighted by Crippen LogP contribution is -1.91. The molecule has 82 valence electrons. The lowest BCUT2D eigenvalue weighted by atomic mass is 10.1. The van der Waals surface area contributed by atoms with Crippen molar-refractivity contribution in [1.82, 2.24) is 9.97 Å². The smallest absolute Gasteiger partial charge is 0.125 e. The molecule has 2 rings (SSSR count). The molecule has 0 bridgehead atoms. The molecule has 1 aromatic heterocycles. The Kier molecular flexibility index (Phi) is 3.34. The van der Waals surface area contributed by atoms with E-state index in [2.05, 4.69) is 51.0 Å². The molecule has 0 fully saturated rings. The molecule has 0 N–H and O–H groups in total. The largest absolute Gasteiger partial charge is 0.242 e. The summed E-state index contributed by atoms with van der Waals surface area (Å²) in [5.74, 6) is 0.804. The first kappa shape index (κ1) is 11.3. The maximum absolute atomic E-state index is 4.42. The second-order valence-corrected chi connectivity index (χ2v) is 4.50. The maximum atomic E-state index is 4.42. The Balaban J connectivity index is 2.48. The SMILES string of the molecule is CCc1cc(-c2ccnc(C)n2)ccc1Br. The molecule has 0 amide bonds. The number of halogens is 1. The van der Waals surface area contributed by atoms with Gasteiger partial charge in [-0.15, -0.1) is 0 Å². The van der Waals surface area contributed by atoms with Gasteiger partial charge in [-0.1, -0.05) is 28.9 Å². The van der Waals surface area contributed by atoms with Crippen molar-refractivity contribution in [2.24, 2.45) is 0 Å². The van der Waals surface area contributed by atoms with Crippen LogP contribution in [-0.4, -0.2) is 9.97 Å². The third kappa shape index (κ3) is 2.30. The molecule has 0 spiro atoms. The van der Waals surface area contributed by atoms with Crippen LogP contribution in [0.25, 0.3) is 11.3 Å². The van der Waals surface area contributed by atoms with Gasteiger partial charge in [-0.25, -0.2) is 9.97 Å². The number of hydrogen-bond acceptors (Lipinski definition) is 2. The predicted molar refractivity (Wildman–Crippen MR) is 69.3 cm³/mol. The van der Waals surface area contributed by atoms with Crippen LogP contribution in [-0.2, 0) is 6.42 Å². The third-order valence-electron chi connectivity index (χ3n) is 2.50. The van der Waals surface area contributed by atoms with Gasteiger partial charge in [0.05, 0.1) is 5.69 Å². The number of rotatable bonds is 2. The molecule has 0 unspecified atom stereocenters. The molecule has 0 saturated carbocycles. The van der Waals surface area contributed by atoms with Gasteiger partial charge in [0.2, 0.25) is 0 Å². The molecule has 1 heterocycles. The van der Waals surface area contributed by atoms with Crippen molar-refractivity contribution >= 4 is 15.9 Å². The summed E-state index contributed by atoms with van der Waals surface area (Å²) in [6.45, 7) is 4.05. The van der Waals surface area contributed by atoms with E-state index in [-0.39, 0.29) is 0 Å². The van der Waals surface area contributed by atoms with Gasteiger partial charge in [0, 0.05) is 16.2 Å². The van der Waals surface area contributed by atoms with E-state index >= 15 is 0 Å². The van der Waals surface area contributed by atoms with E-state index in [1.165, 1.54) is 5.56 Å². The molecule has 0 aliphatic rings. The summed E-state index contributed by atoms with van der Waals surface area (Å²) in [4.78, 5) is 8.53. The maximum Gasteiger partial charge on any atom is 0.125 e. The monoisotopic (exact) mass is 276 g/mol. The Hall–Kier alpha value is -1.22. The van der Waals surface area contributed by atoms with E-state index in [9.17, 15) is 0 Å². The average molecular weight is 277 g/mol. The normalized spacial score (nSPS) is 10.4. The molecule has 3 heteroatoms. The zero-order valence-electron chi connectivity index (χ0n) is 9.37. The molecular formula is C13H13BrN2. The van der Waals surface area contributed by atoms with Crippen LogP contribution in [0.4, 0.5) is 0 Å². The van der Waals surface area contributed by atoms with Gasteiger partial charge in [0.25, 0.3) is 0 Å². The molecule has 1 aromatic carbocycles. The lowest BCUT2D eigenvalue weighted by Gasteiger charge is -2.06. The van der Waals surface area contributed by atoms with Crippen LogP contribution in [0.5, 0.6) is 0 Å². The fraction of sp³-hybridized carbons (Fsp3) is 0.231. The van der Waals surface area contributed by atoms with E-state index in [1.54, 1.807) is 6.20 Å². The number of hydrogen-bond donors (Lipinski definition) is 0. The third-order valence-corrected chi connectivity index (χ3v) is 3.27. The first-order valence-corrected chi connectivity index (χ1v) is 6.08. The summed E-state index contributed by atoms with van der Waals surface area (Å²) in [6, 6.07) is 8.26. The standard InChI is InChI=1S/C13H13BrN2/c1-3-10-8-11(4-5-12(10)14)13-6-7-15-9(2)16-13/h4-8H,3H2,1-2H3. The van der Waals surface area contributed by atoms with Gasteiger partial charge in [-0.3, -0.25) is 0 Å². The minimum Gasteiger partial charge on any atom is -0.242 e. The second-order valence-electron chi connectivity index (χ2n) is 3.65. The van der Waals surface area contributed by atoms with Gasteiger partial charge in [0.1, 0.15) is 5.82 Å². The van der Waals surface area contributed by atoms with E-state index in [0.717, 1.165) is 28.0 Å². The summed E-state index contributed by atoms with van der Waals surface area (Å²) in [7, 11) is 0. The second kappa shape index (κ2) is 4.74. The fourth-order valence-electron chi connectivity index (χ4n) is 1.62. The van der Waals surface area contributed by atoms with E-state index < -0.39 is 0 Å². The Morgan fingerprint density at radius 1 is 1.25 bits per heavy atom. The molecule has 0 atom stereocenters. The zero-order valence-corrected chi connectivity index (χ0v) is 11.0. The highest BCUT2D eigenvalue weighted by Gasteiger charge is 2.03. The molecule has 0 aliphatic heterocycles. The van der Waals surface area contributed by atoms with Crippen LogP contribution < -0.4 is 0 Å². The summed E-state index contributed by atoms with van der Waals surface area (Å²) in [6.07, 6.45) is 2.81. The van der Waals surface area contributed by atoms with E-state index in [1.807, 2.05) is 13.0 Å². The quantitative estimate of drug-likeness (QED) is 0.834. The first-order chi connectivity index (χ1) is 7.70. The lowest BCUT2D eigenvalue weighted by molar-refractivity contribution is 1.06. The van der Waals surface area contributed by atoms with Gasteiger partial charge < -0.3 is 0 Å². The summed E-state index contributed by atoms with van der Waals surface area (Å²) in [5.41, 5.74) is 3.43. The molecular weight excluding hydrogens is 264 g/mol. The Bertz CT molecular complexity index is 509. The molecule has 0 aliphatic carbocycles. The van der Waals surface area contributed by atoms with Gasteiger partial charge in [-0.2, -0.15) is 0 Å². The van der Waals surface area contributed by atoms with Crippen LogP contribution in [0.2, 0.25) is 0 Å². The first-order valence-electron chi connectivity index (χ1n) is 5.29. The summed E-state index contributed by atoms with van der Waals surface area (Å²) in [5, 5.41) is 0. The van der Waals surface area contributed by atoms with Crippen molar-refractivity contribution in [3.8, 4) is 11.3 Å². The van der Waals surface area contributed by atoms with Crippen LogP contribution in [0, 0.1) is 6.92 Å². The van der Waals surface area contributed by atoms with Crippen LogP contribution >= 0.6 is 15.9 Å². The van der Waals surface area contributed by atoms with Crippen molar-refractivity contribution in [2.45, 2.75) is 20.3 Å². The molecule has 2 aromatic rings. The Morgan fingerprint density at radius 3 is 2.75 bits per heavy atom. The number of benzene rings is 1. The highest BCUT2D eigenvalue weighted by molar-refractivity contribution is 9.10.